The van der Waals surface area contributed by atoms with Gasteiger partial charge in [0.1, 0.15) is 11.8 Å². The van der Waals surface area contributed by atoms with Crippen molar-refractivity contribution < 1.29 is 4.74 Å². The molecule has 2 rings (SSSR count). The molecular formula is C14H18N2O. The number of nitriles is 1. The highest BCUT2D eigenvalue weighted by atomic mass is 16.5. The number of nitrogens with one attached hydrogen (secondary N) is 1. The molecule has 0 bridgehead atoms. The van der Waals surface area contributed by atoms with Crippen LogP contribution in [0.15, 0.2) is 24.3 Å². The van der Waals surface area contributed by atoms with Crippen LogP contribution in [0.2, 0.25) is 0 Å². The minimum atomic E-state index is -0.215. The van der Waals surface area contributed by atoms with Crippen molar-refractivity contribution in [2.24, 2.45) is 0 Å². The second-order valence-electron chi connectivity index (χ2n) is 4.42. The van der Waals surface area contributed by atoms with Crippen molar-refractivity contribution in [2.45, 2.75) is 38.3 Å². The zero-order valence-corrected chi connectivity index (χ0v) is 10.1. The Morgan fingerprint density at radius 3 is 3.00 bits per heavy atom. The van der Waals surface area contributed by atoms with Crippen molar-refractivity contribution >= 4 is 0 Å². The standard InChI is InChI=1S/C14H18N2O/c1-2-8-17-13-5-3-4-11(9-13)14(10-15)16-12-6-7-12/h3-5,9,12,14,16H,2,6-8H2,1H3. The lowest BCUT2D eigenvalue weighted by atomic mass is 10.1. The number of hydrogen-bond acceptors (Lipinski definition) is 3. The first-order chi connectivity index (χ1) is 8.33. The predicted molar refractivity (Wildman–Crippen MR) is 66.7 cm³/mol. The van der Waals surface area contributed by atoms with Crippen LogP contribution < -0.4 is 10.1 Å². The van der Waals surface area contributed by atoms with Gasteiger partial charge in [-0.05, 0) is 37.0 Å². The summed E-state index contributed by atoms with van der Waals surface area (Å²) in [6.07, 6.45) is 3.36. The van der Waals surface area contributed by atoms with Gasteiger partial charge in [0.15, 0.2) is 0 Å². The molecule has 0 aromatic heterocycles. The van der Waals surface area contributed by atoms with Gasteiger partial charge in [-0.1, -0.05) is 19.1 Å². The third-order valence-electron chi connectivity index (χ3n) is 2.77. The lowest BCUT2D eigenvalue weighted by Gasteiger charge is -2.12. The van der Waals surface area contributed by atoms with Gasteiger partial charge in [-0.3, -0.25) is 5.32 Å². The van der Waals surface area contributed by atoms with E-state index in [9.17, 15) is 0 Å². The number of nitrogens with zero attached hydrogens (tertiary/aromatic N) is 1. The summed E-state index contributed by atoms with van der Waals surface area (Å²) in [5.41, 5.74) is 0.994. The summed E-state index contributed by atoms with van der Waals surface area (Å²) in [5.74, 6) is 0.849. The zero-order chi connectivity index (χ0) is 12.1. The third-order valence-corrected chi connectivity index (χ3v) is 2.77. The van der Waals surface area contributed by atoms with Crippen molar-refractivity contribution in [3.05, 3.63) is 29.8 Å². The smallest absolute Gasteiger partial charge is 0.121 e. The summed E-state index contributed by atoms with van der Waals surface area (Å²) in [6.45, 7) is 2.80. The van der Waals surface area contributed by atoms with Crippen molar-refractivity contribution in [3.63, 3.8) is 0 Å². The molecule has 1 aromatic rings. The lowest BCUT2D eigenvalue weighted by molar-refractivity contribution is 0.317. The van der Waals surface area contributed by atoms with Crippen LogP contribution in [-0.4, -0.2) is 12.6 Å². The molecular weight excluding hydrogens is 212 g/mol. The van der Waals surface area contributed by atoms with E-state index in [-0.39, 0.29) is 6.04 Å². The highest BCUT2D eigenvalue weighted by Crippen LogP contribution is 2.25. The van der Waals surface area contributed by atoms with Gasteiger partial charge in [-0.25, -0.2) is 0 Å². The molecule has 1 unspecified atom stereocenters. The number of hydrogen-bond donors (Lipinski definition) is 1. The molecule has 1 atom stereocenters. The molecule has 0 saturated heterocycles. The largest absolute Gasteiger partial charge is 0.494 e. The molecule has 0 spiro atoms. The van der Waals surface area contributed by atoms with Crippen LogP contribution in [0.3, 0.4) is 0 Å². The third kappa shape index (κ3) is 3.47. The van der Waals surface area contributed by atoms with Crippen LogP contribution in [0.4, 0.5) is 0 Å². The quantitative estimate of drug-likeness (QED) is 0.817. The summed E-state index contributed by atoms with van der Waals surface area (Å²) in [4.78, 5) is 0. The van der Waals surface area contributed by atoms with Crippen LogP contribution >= 0.6 is 0 Å². The maximum absolute atomic E-state index is 9.17. The summed E-state index contributed by atoms with van der Waals surface area (Å²) in [5, 5.41) is 12.5. The number of rotatable bonds is 6. The maximum Gasteiger partial charge on any atom is 0.121 e. The van der Waals surface area contributed by atoms with Crippen LogP contribution in [0.25, 0.3) is 0 Å². The summed E-state index contributed by atoms with van der Waals surface area (Å²) < 4.78 is 5.57. The van der Waals surface area contributed by atoms with Gasteiger partial charge in [-0.15, -0.1) is 0 Å². The highest BCUT2D eigenvalue weighted by Gasteiger charge is 2.25. The number of ether oxygens (including phenoxy) is 1. The van der Waals surface area contributed by atoms with Gasteiger partial charge >= 0.3 is 0 Å². The highest BCUT2D eigenvalue weighted by molar-refractivity contribution is 5.33. The molecule has 0 amide bonds. The number of benzene rings is 1. The molecule has 0 heterocycles. The molecule has 1 fully saturated rings. The normalized spacial score (nSPS) is 16.2. The van der Waals surface area contributed by atoms with E-state index in [1.54, 1.807) is 0 Å². The second-order valence-corrected chi connectivity index (χ2v) is 4.42. The first kappa shape index (κ1) is 11.9. The second kappa shape index (κ2) is 5.70. The molecule has 1 aliphatic rings. The summed E-state index contributed by atoms with van der Waals surface area (Å²) in [7, 11) is 0. The van der Waals surface area contributed by atoms with Crippen molar-refractivity contribution in [1.82, 2.24) is 5.32 Å². The van der Waals surface area contributed by atoms with E-state index in [1.807, 2.05) is 24.3 Å². The van der Waals surface area contributed by atoms with Gasteiger partial charge in [0.05, 0.1) is 12.7 Å². The molecule has 1 aliphatic carbocycles. The Kier molecular flexibility index (Phi) is 4.00. The molecule has 1 N–H and O–H groups in total. The molecule has 17 heavy (non-hydrogen) atoms. The molecule has 90 valence electrons. The van der Waals surface area contributed by atoms with E-state index in [0.29, 0.717) is 6.04 Å². The van der Waals surface area contributed by atoms with E-state index in [1.165, 1.54) is 12.8 Å². The van der Waals surface area contributed by atoms with Gasteiger partial charge in [-0.2, -0.15) is 5.26 Å². The molecule has 0 radical (unpaired) electrons. The minimum Gasteiger partial charge on any atom is -0.494 e. The van der Waals surface area contributed by atoms with Gasteiger partial charge in [0.2, 0.25) is 0 Å². The fourth-order valence-electron chi connectivity index (χ4n) is 1.70. The maximum atomic E-state index is 9.17. The van der Waals surface area contributed by atoms with Crippen LogP contribution in [0, 0.1) is 11.3 Å². The zero-order valence-electron chi connectivity index (χ0n) is 10.1. The summed E-state index contributed by atoms with van der Waals surface area (Å²) >= 11 is 0. The topological polar surface area (TPSA) is 45.0 Å². The van der Waals surface area contributed by atoms with Gasteiger partial charge in [0, 0.05) is 6.04 Å². The van der Waals surface area contributed by atoms with Crippen molar-refractivity contribution in [1.29, 1.82) is 5.26 Å². The molecule has 3 nitrogen and oxygen atoms in total. The van der Waals surface area contributed by atoms with Crippen molar-refractivity contribution in [2.75, 3.05) is 6.61 Å². The van der Waals surface area contributed by atoms with Gasteiger partial charge in [0.25, 0.3) is 0 Å². The summed E-state index contributed by atoms with van der Waals surface area (Å²) in [6, 6.07) is 10.4. The van der Waals surface area contributed by atoms with E-state index in [0.717, 1.165) is 24.3 Å². The Bertz CT molecular complexity index is 407. The molecule has 0 aliphatic heterocycles. The van der Waals surface area contributed by atoms with E-state index < -0.39 is 0 Å². The fraction of sp³-hybridized carbons (Fsp3) is 0.500. The molecule has 3 heteroatoms. The Hall–Kier alpha value is -1.53. The Balaban J connectivity index is 2.04. The van der Waals surface area contributed by atoms with Gasteiger partial charge < -0.3 is 4.74 Å². The Morgan fingerprint density at radius 2 is 2.35 bits per heavy atom. The average Bonchev–Trinajstić information content (AvgIpc) is 3.18. The molecule has 1 saturated carbocycles. The first-order valence-electron chi connectivity index (χ1n) is 6.22. The Labute approximate surface area is 102 Å². The van der Waals surface area contributed by atoms with E-state index in [4.69, 9.17) is 10.00 Å². The van der Waals surface area contributed by atoms with E-state index in [2.05, 4.69) is 18.3 Å². The SMILES string of the molecule is CCCOc1cccc(C(C#N)NC2CC2)c1. The molecule has 1 aromatic carbocycles. The van der Waals surface area contributed by atoms with Crippen LogP contribution in [0.1, 0.15) is 37.8 Å². The van der Waals surface area contributed by atoms with Crippen LogP contribution in [0.5, 0.6) is 5.75 Å². The minimum absolute atomic E-state index is 0.215. The van der Waals surface area contributed by atoms with Crippen molar-refractivity contribution in [3.8, 4) is 11.8 Å². The monoisotopic (exact) mass is 230 g/mol. The van der Waals surface area contributed by atoms with E-state index >= 15 is 0 Å². The lowest BCUT2D eigenvalue weighted by Crippen LogP contribution is -2.21. The average molecular weight is 230 g/mol. The predicted octanol–water partition coefficient (Wildman–Crippen LogP) is 2.79. The van der Waals surface area contributed by atoms with Crippen LogP contribution in [-0.2, 0) is 0 Å². The fourth-order valence-corrected chi connectivity index (χ4v) is 1.70. The Morgan fingerprint density at radius 1 is 1.53 bits per heavy atom. The first-order valence-corrected chi connectivity index (χ1v) is 6.22.